The molecule has 0 radical (unpaired) electrons. The lowest BCUT2D eigenvalue weighted by Crippen LogP contribution is -2.65. The molecule has 1 saturated carbocycles. The van der Waals surface area contributed by atoms with Gasteiger partial charge in [0.25, 0.3) is 5.91 Å². The van der Waals surface area contributed by atoms with Crippen LogP contribution in [0, 0.1) is 0 Å². The average molecular weight is 559 g/mol. The van der Waals surface area contributed by atoms with Crippen LogP contribution < -0.4 is 10.1 Å². The van der Waals surface area contributed by atoms with Gasteiger partial charge in [0.05, 0.1) is 24.9 Å². The zero-order valence-electron chi connectivity index (χ0n) is 22.3. The van der Waals surface area contributed by atoms with Gasteiger partial charge in [0.2, 0.25) is 5.88 Å². The minimum atomic E-state index is -4.56. The second-order valence-electron chi connectivity index (χ2n) is 10.5. The van der Waals surface area contributed by atoms with Gasteiger partial charge >= 0.3 is 6.18 Å². The van der Waals surface area contributed by atoms with E-state index in [2.05, 4.69) is 15.3 Å². The number of carbonyl (C=O) groups is 1. The molecule has 5 rings (SSSR count). The molecule has 1 unspecified atom stereocenters. The number of aliphatic hydroxyl groups excluding tert-OH is 1. The van der Waals surface area contributed by atoms with Crippen LogP contribution in [0.2, 0.25) is 0 Å². The fourth-order valence-corrected chi connectivity index (χ4v) is 5.48. The molecule has 1 saturated heterocycles. The van der Waals surface area contributed by atoms with E-state index in [9.17, 15) is 23.1 Å². The average Bonchev–Trinajstić information content (AvgIpc) is 2.95. The van der Waals surface area contributed by atoms with Gasteiger partial charge in [-0.1, -0.05) is 6.07 Å². The molecule has 11 heteroatoms. The maximum Gasteiger partial charge on any atom is 0.416 e. The van der Waals surface area contributed by atoms with Crippen molar-refractivity contribution in [3.05, 3.63) is 65.0 Å². The lowest BCUT2D eigenvalue weighted by atomic mass is 9.90. The third-order valence-corrected chi connectivity index (χ3v) is 7.68. The van der Waals surface area contributed by atoms with Gasteiger partial charge in [0.1, 0.15) is 11.8 Å². The Hall–Kier alpha value is -3.28. The Morgan fingerprint density at radius 1 is 1.20 bits per heavy atom. The number of nitrogens with zero attached hydrogens (tertiary/aromatic N) is 3. The fraction of sp³-hybridized carbons (Fsp3) is 0.483. The van der Waals surface area contributed by atoms with Crippen molar-refractivity contribution in [3.63, 3.8) is 0 Å². The zero-order chi connectivity index (χ0) is 28.3. The summed E-state index contributed by atoms with van der Waals surface area (Å²) in [5.41, 5.74) is 0.368. The van der Waals surface area contributed by atoms with Crippen molar-refractivity contribution in [2.45, 2.75) is 63.1 Å². The number of rotatable bonds is 6. The molecule has 1 aromatic carbocycles. The number of carbonyl (C=O) groups excluding carboxylic acids is 1. The van der Waals surface area contributed by atoms with Crippen molar-refractivity contribution in [2.75, 3.05) is 26.3 Å². The number of aliphatic hydroxyl groups is 1. The lowest BCUT2D eigenvalue weighted by Gasteiger charge is -2.45. The van der Waals surface area contributed by atoms with Crippen molar-refractivity contribution in [2.24, 2.45) is 4.99 Å². The summed E-state index contributed by atoms with van der Waals surface area (Å²) < 4.78 is 51.4. The van der Waals surface area contributed by atoms with Crippen molar-refractivity contribution >= 4 is 17.7 Å². The Labute approximate surface area is 230 Å². The first-order valence-corrected chi connectivity index (χ1v) is 13.5. The predicted molar refractivity (Wildman–Crippen MR) is 143 cm³/mol. The molecule has 40 heavy (non-hydrogen) atoms. The first-order valence-electron chi connectivity index (χ1n) is 13.5. The van der Waals surface area contributed by atoms with E-state index in [1.54, 1.807) is 18.5 Å². The normalized spacial score (nSPS) is 26.0. The summed E-state index contributed by atoms with van der Waals surface area (Å²) in [6, 6.07) is 8.07. The molecular formula is C29H33F3N4O4. The summed E-state index contributed by atoms with van der Waals surface area (Å²) in [4.78, 5) is 24.5. The van der Waals surface area contributed by atoms with Crippen LogP contribution in [-0.2, 0) is 10.9 Å². The monoisotopic (exact) mass is 558 g/mol. The van der Waals surface area contributed by atoms with Crippen LogP contribution in [0.15, 0.2) is 53.3 Å². The number of pyridine rings is 1. The van der Waals surface area contributed by atoms with E-state index >= 15 is 0 Å². The molecule has 1 aromatic heterocycles. The number of benzene rings is 1. The van der Waals surface area contributed by atoms with Gasteiger partial charge in [0, 0.05) is 55.7 Å². The Kier molecular flexibility index (Phi) is 8.25. The highest BCUT2D eigenvalue weighted by molar-refractivity contribution is 5.98. The molecule has 2 aliphatic heterocycles. The Balaban J connectivity index is 1.38. The third kappa shape index (κ3) is 6.37. The SMILES string of the molecule is CC1=C(c2ccc(O[C@@H]3CCC[C@@H](O)C3)nc2)CC(NC(=O)c2cccc(C(F)(F)F)c2)(N2CCOCC2)C=N1. The number of aliphatic imine (C=N–C) groups is 1. The maximum absolute atomic E-state index is 13.4. The summed E-state index contributed by atoms with van der Waals surface area (Å²) in [7, 11) is 0. The lowest BCUT2D eigenvalue weighted by molar-refractivity contribution is -0.137. The standard InChI is InChI=1S/C29H33F3N4O4/c1-19-25(21-8-9-26(33-17-21)40-24-7-3-6-23(37)15-24)16-28(18-34-19,36-10-12-39-13-11-36)35-27(38)20-4-2-5-22(14-20)29(30,31)32/h2,4-5,8-9,14,17-18,23-24,37H,3,6-7,10-13,15-16H2,1H3,(H,35,38)/t23-,24-,28?/m1/s1. The van der Waals surface area contributed by atoms with E-state index in [1.807, 2.05) is 17.9 Å². The molecule has 3 aliphatic rings. The Bertz CT molecular complexity index is 1270. The molecule has 3 heterocycles. The molecule has 2 fully saturated rings. The van der Waals surface area contributed by atoms with E-state index in [-0.39, 0.29) is 17.8 Å². The molecule has 2 N–H and O–H groups in total. The van der Waals surface area contributed by atoms with Gasteiger partial charge in [-0.15, -0.1) is 0 Å². The number of aromatic nitrogens is 1. The van der Waals surface area contributed by atoms with Gasteiger partial charge in [-0.05, 0) is 61.6 Å². The van der Waals surface area contributed by atoms with Crippen molar-refractivity contribution in [1.29, 1.82) is 0 Å². The number of alkyl halides is 3. The maximum atomic E-state index is 13.4. The molecule has 214 valence electrons. The van der Waals surface area contributed by atoms with Crippen LogP contribution >= 0.6 is 0 Å². The summed E-state index contributed by atoms with van der Waals surface area (Å²) in [5, 5.41) is 12.9. The van der Waals surface area contributed by atoms with E-state index < -0.39 is 23.3 Å². The molecule has 2 aromatic rings. The van der Waals surface area contributed by atoms with Crippen molar-refractivity contribution in [3.8, 4) is 5.88 Å². The van der Waals surface area contributed by atoms with Gasteiger partial charge in [0.15, 0.2) is 0 Å². The molecule has 0 spiro atoms. The van der Waals surface area contributed by atoms with Crippen LogP contribution in [0.5, 0.6) is 5.88 Å². The molecule has 0 bridgehead atoms. The number of ether oxygens (including phenoxy) is 2. The van der Waals surface area contributed by atoms with Gasteiger partial charge < -0.3 is 19.9 Å². The second kappa shape index (κ2) is 11.7. The van der Waals surface area contributed by atoms with Crippen LogP contribution in [0.4, 0.5) is 13.2 Å². The van der Waals surface area contributed by atoms with E-state index in [0.717, 1.165) is 48.2 Å². The molecule has 3 atom stereocenters. The molecular weight excluding hydrogens is 525 g/mol. The smallest absolute Gasteiger partial charge is 0.416 e. The summed E-state index contributed by atoms with van der Waals surface area (Å²) in [6.07, 6.45) is 1.85. The highest BCUT2D eigenvalue weighted by Gasteiger charge is 2.41. The number of halogens is 3. The first-order chi connectivity index (χ1) is 19.1. The van der Waals surface area contributed by atoms with Crippen LogP contribution in [-0.4, -0.2) is 71.3 Å². The quantitative estimate of drug-likeness (QED) is 0.544. The molecule has 1 aliphatic carbocycles. The number of allylic oxidation sites excluding steroid dienone is 1. The van der Waals surface area contributed by atoms with Gasteiger partial charge in [-0.2, -0.15) is 13.2 Å². The van der Waals surface area contributed by atoms with Gasteiger partial charge in [-0.25, -0.2) is 4.98 Å². The zero-order valence-corrected chi connectivity index (χ0v) is 22.3. The summed E-state index contributed by atoms with van der Waals surface area (Å²) >= 11 is 0. The molecule has 8 nitrogen and oxygen atoms in total. The summed E-state index contributed by atoms with van der Waals surface area (Å²) in [6.45, 7) is 3.81. The first kappa shape index (κ1) is 28.3. The van der Waals surface area contributed by atoms with E-state index in [0.29, 0.717) is 45.0 Å². The largest absolute Gasteiger partial charge is 0.474 e. The summed E-state index contributed by atoms with van der Waals surface area (Å²) in [5.74, 6) is -0.155. The highest BCUT2D eigenvalue weighted by atomic mass is 19.4. The van der Waals surface area contributed by atoms with Gasteiger partial charge in [-0.3, -0.25) is 14.7 Å². The van der Waals surface area contributed by atoms with Crippen LogP contribution in [0.25, 0.3) is 5.57 Å². The number of morpholine rings is 1. The fourth-order valence-electron chi connectivity index (χ4n) is 5.48. The van der Waals surface area contributed by atoms with E-state index in [4.69, 9.17) is 9.47 Å². The number of hydrogen-bond donors (Lipinski definition) is 2. The Morgan fingerprint density at radius 3 is 2.70 bits per heavy atom. The van der Waals surface area contributed by atoms with Crippen LogP contribution in [0.3, 0.4) is 0 Å². The van der Waals surface area contributed by atoms with Crippen molar-refractivity contribution in [1.82, 2.24) is 15.2 Å². The second-order valence-corrected chi connectivity index (χ2v) is 10.5. The van der Waals surface area contributed by atoms with Crippen molar-refractivity contribution < 1.29 is 32.5 Å². The number of nitrogens with one attached hydrogen (secondary N) is 1. The topological polar surface area (TPSA) is 96.3 Å². The predicted octanol–water partition coefficient (Wildman–Crippen LogP) is 4.45. The van der Waals surface area contributed by atoms with E-state index in [1.165, 1.54) is 12.1 Å². The molecule has 1 amide bonds. The van der Waals surface area contributed by atoms with Crippen LogP contribution in [0.1, 0.15) is 60.5 Å². The number of amides is 1. The third-order valence-electron chi connectivity index (χ3n) is 7.68. The number of hydrogen-bond acceptors (Lipinski definition) is 7. The Morgan fingerprint density at radius 2 is 2.00 bits per heavy atom. The highest BCUT2D eigenvalue weighted by Crippen LogP contribution is 2.35. The minimum absolute atomic E-state index is 0.0811. The minimum Gasteiger partial charge on any atom is -0.474 e.